The van der Waals surface area contributed by atoms with E-state index in [-0.39, 0.29) is 0 Å². The lowest BCUT2D eigenvalue weighted by atomic mass is 9.82. The fraction of sp³-hybridized carbons (Fsp3) is 0.846. The van der Waals surface area contributed by atoms with E-state index in [1.165, 1.54) is 25.7 Å². The van der Waals surface area contributed by atoms with Crippen molar-refractivity contribution >= 4 is 0 Å². The highest BCUT2D eigenvalue weighted by Crippen LogP contribution is 2.35. The second-order valence-electron chi connectivity index (χ2n) is 5.65. The van der Waals surface area contributed by atoms with Crippen LogP contribution in [-0.4, -0.2) is 16.7 Å². The summed E-state index contributed by atoms with van der Waals surface area (Å²) in [6.45, 7) is 0.823. The average molecular weight is 235 g/mol. The van der Waals surface area contributed by atoms with E-state index < -0.39 is 0 Å². The maximum atomic E-state index is 5.70. The van der Waals surface area contributed by atoms with Crippen LogP contribution in [0.25, 0.3) is 0 Å². The molecule has 0 spiro atoms. The molecule has 94 valence electrons. The van der Waals surface area contributed by atoms with Crippen molar-refractivity contribution in [2.75, 3.05) is 6.54 Å². The molecule has 4 heteroatoms. The molecule has 1 aromatic rings. The molecule has 0 aromatic carbocycles. The normalized spacial score (nSPS) is 29.5. The Labute approximate surface area is 102 Å². The largest absolute Gasteiger partial charge is 0.339 e. The first-order chi connectivity index (χ1) is 8.35. The molecule has 4 nitrogen and oxygen atoms in total. The van der Waals surface area contributed by atoms with E-state index in [4.69, 9.17) is 10.3 Å². The number of hydrogen-bond acceptors (Lipinski definition) is 4. The smallest absolute Gasteiger partial charge is 0.229 e. The van der Waals surface area contributed by atoms with Gasteiger partial charge in [0.15, 0.2) is 5.82 Å². The molecule has 17 heavy (non-hydrogen) atoms. The summed E-state index contributed by atoms with van der Waals surface area (Å²) in [5.74, 6) is 3.81. The molecule has 0 bridgehead atoms. The van der Waals surface area contributed by atoms with Gasteiger partial charge in [0, 0.05) is 12.3 Å². The highest BCUT2D eigenvalue weighted by atomic mass is 16.5. The Bertz CT molecular complexity index is 364. The first kappa shape index (κ1) is 11.2. The second kappa shape index (κ2) is 4.77. The molecule has 1 heterocycles. The molecule has 2 aliphatic carbocycles. The van der Waals surface area contributed by atoms with Crippen molar-refractivity contribution in [3.8, 4) is 0 Å². The zero-order valence-corrected chi connectivity index (χ0v) is 10.3. The molecule has 2 N–H and O–H groups in total. The van der Waals surface area contributed by atoms with Gasteiger partial charge < -0.3 is 10.3 Å². The van der Waals surface area contributed by atoms with E-state index in [9.17, 15) is 0 Å². The van der Waals surface area contributed by atoms with Gasteiger partial charge in [-0.2, -0.15) is 4.98 Å². The van der Waals surface area contributed by atoms with Crippen LogP contribution in [0.1, 0.15) is 56.2 Å². The van der Waals surface area contributed by atoms with E-state index in [1.54, 1.807) is 0 Å². The molecule has 0 saturated heterocycles. The van der Waals surface area contributed by atoms with Gasteiger partial charge in [-0.05, 0) is 56.9 Å². The van der Waals surface area contributed by atoms with Gasteiger partial charge >= 0.3 is 0 Å². The Hall–Kier alpha value is -0.900. The third-order valence-corrected chi connectivity index (χ3v) is 4.18. The minimum absolute atomic E-state index is 0.484. The zero-order chi connectivity index (χ0) is 11.7. The van der Waals surface area contributed by atoms with Gasteiger partial charge in [-0.15, -0.1) is 0 Å². The molecule has 2 saturated carbocycles. The quantitative estimate of drug-likeness (QED) is 0.869. The SMILES string of the molecule is NCC1CCC(c2nc(CC3CC3)no2)CC1. The number of aromatic nitrogens is 2. The summed E-state index contributed by atoms with van der Waals surface area (Å²) in [5.41, 5.74) is 5.70. The van der Waals surface area contributed by atoms with Gasteiger partial charge in [0.05, 0.1) is 0 Å². The molecule has 0 radical (unpaired) electrons. The minimum atomic E-state index is 0.484. The molecule has 0 unspecified atom stereocenters. The van der Waals surface area contributed by atoms with Gasteiger partial charge in [0.2, 0.25) is 5.89 Å². The van der Waals surface area contributed by atoms with Crippen LogP contribution in [0, 0.1) is 11.8 Å². The summed E-state index contributed by atoms with van der Waals surface area (Å²) >= 11 is 0. The van der Waals surface area contributed by atoms with Gasteiger partial charge in [-0.25, -0.2) is 0 Å². The maximum absolute atomic E-state index is 5.70. The molecule has 1 aromatic heterocycles. The predicted octanol–water partition coefficient (Wildman–Crippen LogP) is 2.25. The van der Waals surface area contributed by atoms with Crippen LogP contribution in [0.2, 0.25) is 0 Å². The molecule has 2 fully saturated rings. The van der Waals surface area contributed by atoms with Crippen LogP contribution in [-0.2, 0) is 6.42 Å². The highest BCUT2D eigenvalue weighted by Gasteiger charge is 2.28. The Morgan fingerprint density at radius 3 is 2.41 bits per heavy atom. The standard InChI is InChI=1S/C13H21N3O/c14-8-10-3-5-11(6-4-10)13-15-12(16-17-13)7-9-1-2-9/h9-11H,1-8,14H2. The van der Waals surface area contributed by atoms with E-state index in [1.807, 2.05) is 0 Å². The van der Waals surface area contributed by atoms with Crippen molar-refractivity contribution in [3.05, 3.63) is 11.7 Å². The van der Waals surface area contributed by atoms with Crippen LogP contribution in [0.4, 0.5) is 0 Å². The first-order valence-corrected chi connectivity index (χ1v) is 6.87. The topological polar surface area (TPSA) is 64.9 Å². The Kier molecular flexibility index (Phi) is 3.14. The van der Waals surface area contributed by atoms with Crippen LogP contribution in [0.15, 0.2) is 4.52 Å². The molecular formula is C13H21N3O. The monoisotopic (exact) mass is 235 g/mol. The summed E-state index contributed by atoms with van der Waals surface area (Å²) in [6, 6.07) is 0. The molecule has 0 aliphatic heterocycles. The van der Waals surface area contributed by atoms with Crippen LogP contribution >= 0.6 is 0 Å². The molecule has 0 amide bonds. The van der Waals surface area contributed by atoms with Crippen LogP contribution < -0.4 is 5.73 Å². The zero-order valence-electron chi connectivity index (χ0n) is 10.3. The van der Waals surface area contributed by atoms with Crippen LogP contribution in [0.3, 0.4) is 0 Å². The average Bonchev–Trinajstić information content (AvgIpc) is 3.06. The number of nitrogens with two attached hydrogens (primary N) is 1. The van der Waals surface area contributed by atoms with Crippen LogP contribution in [0.5, 0.6) is 0 Å². The van der Waals surface area contributed by atoms with Gasteiger partial charge in [0.25, 0.3) is 0 Å². The molecule has 3 rings (SSSR count). The van der Waals surface area contributed by atoms with Crippen molar-refractivity contribution in [2.45, 2.75) is 50.9 Å². The number of nitrogens with zero attached hydrogens (tertiary/aromatic N) is 2. The van der Waals surface area contributed by atoms with E-state index >= 15 is 0 Å². The van der Waals surface area contributed by atoms with E-state index in [0.29, 0.717) is 11.8 Å². The number of hydrogen-bond donors (Lipinski definition) is 1. The fourth-order valence-electron chi connectivity index (χ4n) is 2.74. The molecular weight excluding hydrogens is 214 g/mol. The van der Waals surface area contributed by atoms with Gasteiger partial charge in [-0.3, -0.25) is 0 Å². The lowest BCUT2D eigenvalue weighted by molar-refractivity contribution is 0.274. The summed E-state index contributed by atoms with van der Waals surface area (Å²) in [5, 5.41) is 4.10. The summed E-state index contributed by atoms with van der Waals surface area (Å²) in [4.78, 5) is 4.56. The van der Waals surface area contributed by atoms with Crippen molar-refractivity contribution < 1.29 is 4.52 Å². The van der Waals surface area contributed by atoms with Gasteiger partial charge in [0.1, 0.15) is 0 Å². The lowest BCUT2D eigenvalue weighted by Crippen LogP contribution is -2.20. The van der Waals surface area contributed by atoms with Crippen molar-refractivity contribution in [2.24, 2.45) is 17.6 Å². The second-order valence-corrected chi connectivity index (χ2v) is 5.65. The lowest BCUT2D eigenvalue weighted by Gasteiger charge is -2.24. The fourth-order valence-corrected chi connectivity index (χ4v) is 2.74. The highest BCUT2D eigenvalue weighted by molar-refractivity contribution is 4.98. The predicted molar refractivity (Wildman–Crippen MR) is 64.5 cm³/mol. The maximum Gasteiger partial charge on any atom is 0.229 e. The third kappa shape index (κ3) is 2.68. The van der Waals surface area contributed by atoms with Gasteiger partial charge in [-0.1, -0.05) is 5.16 Å². The van der Waals surface area contributed by atoms with Crippen molar-refractivity contribution in [1.29, 1.82) is 0 Å². The van der Waals surface area contributed by atoms with Crippen molar-refractivity contribution in [3.63, 3.8) is 0 Å². The third-order valence-electron chi connectivity index (χ3n) is 4.18. The Balaban J connectivity index is 1.58. The van der Waals surface area contributed by atoms with Crippen molar-refractivity contribution in [1.82, 2.24) is 10.1 Å². The minimum Gasteiger partial charge on any atom is -0.339 e. The summed E-state index contributed by atoms with van der Waals surface area (Å²) in [7, 11) is 0. The molecule has 2 aliphatic rings. The Morgan fingerprint density at radius 1 is 1.06 bits per heavy atom. The van der Waals surface area contributed by atoms with E-state index in [2.05, 4.69) is 10.1 Å². The first-order valence-electron chi connectivity index (χ1n) is 6.87. The Morgan fingerprint density at radius 2 is 1.76 bits per heavy atom. The van der Waals surface area contributed by atoms with E-state index in [0.717, 1.165) is 43.4 Å². The summed E-state index contributed by atoms with van der Waals surface area (Å²) in [6.07, 6.45) is 8.43. The summed E-state index contributed by atoms with van der Waals surface area (Å²) < 4.78 is 5.41. The number of rotatable bonds is 4. The molecule has 0 atom stereocenters.